The van der Waals surface area contributed by atoms with E-state index in [0.29, 0.717) is 5.92 Å². The molecule has 2 aromatic heterocycles. The molecule has 0 radical (unpaired) electrons. The summed E-state index contributed by atoms with van der Waals surface area (Å²) in [6.45, 7) is 4.63. The van der Waals surface area contributed by atoms with Gasteiger partial charge >= 0.3 is 0 Å². The Kier molecular flexibility index (Phi) is 3.93. The number of anilines is 1. The van der Waals surface area contributed by atoms with Crippen LogP contribution in [-0.2, 0) is 12.8 Å². The maximum absolute atomic E-state index is 4.73. The van der Waals surface area contributed by atoms with Crippen molar-refractivity contribution < 1.29 is 4.90 Å². The Morgan fingerprint density at radius 1 is 1.39 bits per heavy atom. The third-order valence-electron chi connectivity index (χ3n) is 5.65. The molecular formula is C17H27N6+. The summed E-state index contributed by atoms with van der Waals surface area (Å²) in [5, 5.41) is 8.06. The van der Waals surface area contributed by atoms with E-state index in [2.05, 4.69) is 29.4 Å². The first-order chi connectivity index (χ1) is 11.2. The van der Waals surface area contributed by atoms with E-state index in [1.807, 2.05) is 4.52 Å². The molecule has 3 atom stereocenters. The highest BCUT2D eigenvalue weighted by atomic mass is 15.4. The zero-order valence-corrected chi connectivity index (χ0v) is 14.2. The predicted molar refractivity (Wildman–Crippen MR) is 89.9 cm³/mol. The molecule has 1 fully saturated rings. The summed E-state index contributed by atoms with van der Waals surface area (Å²) in [5.41, 5.74) is 2.57. The second kappa shape index (κ2) is 6.07. The first kappa shape index (κ1) is 14.9. The van der Waals surface area contributed by atoms with Gasteiger partial charge in [-0.25, -0.2) is 4.98 Å². The molecule has 1 aliphatic heterocycles. The van der Waals surface area contributed by atoms with Crippen molar-refractivity contribution in [2.24, 2.45) is 5.92 Å². The zero-order chi connectivity index (χ0) is 15.8. The van der Waals surface area contributed by atoms with Gasteiger partial charge in [0.15, 0.2) is 0 Å². The molecule has 0 amide bonds. The number of hydrogen-bond donors (Lipinski definition) is 2. The molecule has 0 aromatic carbocycles. The second-order valence-corrected chi connectivity index (χ2v) is 7.36. The number of likely N-dealkylation sites (tertiary alicyclic amines) is 1. The lowest BCUT2D eigenvalue weighted by atomic mass is 9.88. The minimum absolute atomic E-state index is 0.712. The average Bonchev–Trinajstić information content (AvgIpc) is 3.15. The van der Waals surface area contributed by atoms with Crippen LogP contribution in [-0.4, -0.2) is 45.8 Å². The van der Waals surface area contributed by atoms with E-state index >= 15 is 0 Å². The third kappa shape index (κ3) is 2.80. The maximum Gasteiger partial charge on any atom is 0.254 e. The van der Waals surface area contributed by atoms with Crippen LogP contribution < -0.4 is 10.2 Å². The molecular weight excluding hydrogens is 288 g/mol. The van der Waals surface area contributed by atoms with Crippen LogP contribution in [0, 0.1) is 5.92 Å². The summed E-state index contributed by atoms with van der Waals surface area (Å²) in [6, 6.07) is 0.798. The number of hydrogen-bond acceptors (Lipinski definition) is 4. The van der Waals surface area contributed by atoms with Gasteiger partial charge in [-0.2, -0.15) is 14.6 Å². The maximum atomic E-state index is 4.73. The zero-order valence-electron chi connectivity index (χ0n) is 14.2. The molecule has 2 aromatic rings. The molecule has 6 nitrogen and oxygen atoms in total. The van der Waals surface area contributed by atoms with Crippen molar-refractivity contribution in [1.29, 1.82) is 0 Å². The van der Waals surface area contributed by atoms with Gasteiger partial charge in [-0.1, -0.05) is 6.92 Å². The first-order valence-electron chi connectivity index (χ1n) is 9.00. The van der Waals surface area contributed by atoms with Crippen LogP contribution in [0.4, 0.5) is 5.82 Å². The average molecular weight is 315 g/mol. The summed E-state index contributed by atoms with van der Waals surface area (Å²) in [6.07, 6.45) is 8.94. The molecule has 0 bridgehead atoms. The lowest BCUT2D eigenvalue weighted by molar-refractivity contribution is -0.892. The fraction of sp³-hybridized carbons (Fsp3) is 0.706. The van der Waals surface area contributed by atoms with Gasteiger partial charge in [-0.15, -0.1) is 0 Å². The van der Waals surface area contributed by atoms with Crippen LogP contribution in [0.3, 0.4) is 0 Å². The lowest BCUT2D eigenvalue weighted by Crippen LogP contribution is -3.10. The van der Waals surface area contributed by atoms with Crippen LogP contribution in [0.2, 0.25) is 0 Å². The summed E-state index contributed by atoms with van der Waals surface area (Å²) >= 11 is 0. The van der Waals surface area contributed by atoms with E-state index in [0.717, 1.165) is 37.0 Å². The summed E-state index contributed by atoms with van der Waals surface area (Å²) < 4.78 is 1.89. The van der Waals surface area contributed by atoms with E-state index in [1.165, 1.54) is 43.5 Å². The SMILES string of the molecule is C[C@H]1CCc2c(nc3ncnn3c2NCC[C@@H]2CCC[NH+]2C)C1. The summed E-state index contributed by atoms with van der Waals surface area (Å²) in [7, 11) is 2.32. The molecule has 2 N–H and O–H groups in total. The van der Waals surface area contributed by atoms with Gasteiger partial charge in [0.1, 0.15) is 12.1 Å². The Morgan fingerprint density at radius 3 is 3.13 bits per heavy atom. The van der Waals surface area contributed by atoms with Crippen LogP contribution >= 0.6 is 0 Å². The van der Waals surface area contributed by atoms with E-state index in [4.69, 9.17) is 4.98 Å². The largest absolute Gasteiger partial charge is 0.369 e. The fourth-order valence-electron chi connectivity index (χ4n) is 4.19. The number of nitrogens with zero attached hydrogens (tertiary/aromatic N) is 4. The van der Waals surface area contributed by atoms with E-state index in [9.17, 15) is 0 Å². The third-order valence-corrected chi connectivity index (χ3v) is 5.65. The quantitative estimate of drug-likeness (QED) is 0.873. The summed E-state index contributed by atoms with van der Waals surface area (Å²) in [4.78, 5) is 10.7. The van der Waals surface area contributed by atoms with Crippen molar-refractivity contribution in [2.45, 2.75) is 51.5 Å². The van der Waals surface area contributed by atoms with E-state index in [-0.39, 0.29) is 0 Å². The van der Waals surface area contributed by atoms with Crippen LogP contribution in [0.1, 0.15) is 43.9 Å². The van der Waals surface area contributed by atoms with Crippen LogP contribution in [0.25, 0.3) is 5.78 Å². The van der Waals surface area contributed by atoms with Gasteiger partial charge in [-0.3, -0.25) is 0 Å². The Balaban J connectivity index is 1.56. The number of aromatic nitrogens is 4. The molecule has 1 unspecified atom stereocenters. The van der Waals surface area contributed by atoms with Gasteiger partial charge < -0.3 is 10.2 Å². The predicted octanol–water partition coefficient (Wildman–Crippen LogP) is 0.728. The Labute approximate surface area is 137 Å². The van der Waals surface area contributed by atoms with Crippen molar-refractivity contribution in [1.82, 2.24) is 19.6 Å². The second-order valence-electron chi connectivity index (χ2n) is 7.36. The van der Waals surface area contributed by atoms with Gasteiger partial charge in [-0.05, 0) is 25.2 Å². The number of fused-ring (bicyclic) bond motifs is 2. The minimum atomic E-state index is 0.712. The smallest absolute Gasteiger partial charge is 0.254 e. The molecule has 2 aliphatic rings. The van der Waals surface area contributed by atoms with Gasteiger partial charge in [0, 0.05) is 31.4 Å². The molecule has 6 heteroatoms. The van der Waals surface area contributed by atoms with Crippen molar-refractivity contribution in [2.75, 3.05) is 25.5 Å². The minimum Gasteiger partial charge on any atom is -0.369 e. The van der Waals surface area contributed by atoms with Crippen molar-refractivity contribution in [3.8, 4) is 0 Å². The highest BCUT2D eigenvalue weighted by Gasteiger charge is 2.26. The Hall–Kier alpha value is -1.69. The molecule has 23 heavy (non-hydrogen) atoms. The van der Waals surface area contributed by atoms with Crippen LogP contribution in [0.15, 0.2) is 6.33 Å². The van der Waals surface area contributed by atoms with E-state index < -0.39 is 0 Å². The van der Waals surface area contributed by atoms with Gasteiger partial charge in [0.25, 0.3) is 5.78 Å². The number of quaternary nitrogens is 1. The molecule has 3 heterocycles. The van der Waals surface area contributed by atoms with Crippen molar-refractivity contribution in [3.63, 3.8) is 0 Å². The Morgan fingerprint density at radius 2 is 2.30 bits per heavy atom. The Bertz CT molecular complexity index is 694. The fourth-order valence-corrected chi connectivity index (χ4v) is 4.19. The van der Waals surface area contributed by atoms with Crippen LogP contribution in [0.5, 0.6) is 0 Å². The molecule has 0 saturated carbocycles. The van der Waals surface area contributed by atoms with Gasteiger partial charge in [0.2, 0.25) is 0 Å². The summed E-state index contributed by atoms with van der Waals surface area (Å²) in [5.74, 6) is 2.57. The molecule has 4 rings (SSSR count). The highest BCUT2D eigenvalue weighted by Crippen LogP contribution is 2.29. The number of rotatable bonds is 4. The van der Waals surface area contributed by atoms with Crippen molar-refractivity contribution >= 4 is 11.6 Å². The van der Waals surface area contributed by atoms with Crippen molar-refractivity contribution in [3.05, 3.63) is 17.6 Å². The molecule has 1 saturated heterocycles. The normalized spacial score (nSPS) is 27.3. The standard InChI is InChI=1S/C17H26N6/c1-12-5-6-14-15(10-12)21-17-19-11-20-23(17)16(14)18-8-7-13-4-3-9-22(13)2/h11-13,18H,3-10H2,1-2H3/p+1/t12-,13-/m0/s1. The topological polar surface area (TPSA) is 59.5 Å². The number of nitrogens with one attached hydrogen (secondary N) is 2. The monoisotopic (exact) mass is 315 g/mol. The molecule has 0 spiro atoms. The molecule has 1 aliphatic carbocycles. The molecule has 124 valence electrons. The first-order valence-corrected chi connectivity index (χ1v) is 9.00. The highest BCUT2D eigenvalue weighted by molar-refractivity contribution is 5.53. The van der Waals surface area contributed by atoms with E-state index in [1.54, 1.807) is 11.2 Å². The van der Waals surface area contributed by atoms with Gasteiger partial charge in [0.05, 0.1) is 25.3 Å². The lowest BCUT2D eigenvalue weighted by Gasteiger charge is -2.24.